The highest BCUT2D eigenvalue weighted by Gasteiger charge is 2.21. The molecule has 0 aliphatic rings. The number of aliphatic hydroxyl groups excluding tert-OH is 1. The number of aliphatic hydroxyl groups is 1. The Bertz CT molecular complexity index is 658. The van der Waals surface area contributed by atoms with Crippen LogP contribution in [0.25, 0.3) is 11.1 Å². The minimum Gasteiger partial charge on any atom is -0.392 e. The van der Waals surface area contributed by atoms with Gasteiger partial charge >= 0.3 is 0 Å². The minimum atomic E-state index is -0.533. The van der Waals surface area contributed by atoms with Gasteiger partial charge in [-0.05, 0) is 17.7 Å². The van der Waals surface area contributed by atoms with E-state index >= 15 is 0 Å². The molecule has 0 heterocycles. The average molecular weight is 374 g/mol. The number of hydrogen-bond donors (Lipinski definition) is 1. The third kappa shape index (κ3) is 2.74. The van der Waals surface area contributed by atoms with Gasteiger partial charge in [0.25, 0.3) is 0 Å². The molecular formula is C13H6Cl5FO. The quantitative estimate of drug-likeness (QED) is 0.486. The van der Waals surface area contributed by atoms with Gasteiger partial charge in [0.2, 0.25) is 0 Å². The zero-order valence-corrected chi connectivity index (χ0v) is 13.4. The van der Waals surface area contributed by atoms with Gasteiger partial charge in [-0.3, -0.25) is 0 Å². The maximum absolute atomic E-state index is 13.4. The molecule has 2 aromatic carbocycles. The van der Waals surface area contributed by atoms with Gasteiger partial charge in [0.05, 0.1) is 31.7 Å². The van der Waals surface area contributed by atoms with Crippen LogP contribution >= 0.6 is 58.0 Å². The molecule has 0 aromatic heterocycles. The van der Waals surface area contributed by atoms with E-state index in [1.165, 1.54) is 18.2 Å². The number of benzene rings is 2. The molecule has 0 aliphatic heterocycles. The summed E-state index contributed by atoms with van der Waals surface area (Å²) in [5.41, 5.74) is 0.921. The summed E-state index contributed by atoms with van der Waals surface area (Å²) in [6.07, 6.45) is 0. The molecule has 1 N–H and O–H groups in total. The van der Waals surface area contributed by atoms with Crippen molar-refractivity contribution in [2.45, 2.75) is 6.61 Å². The third-order valence-corrected chi connectivity index (χ3v) is 4.99. The second-order valence-corrected chi connectivity index (χ2v) is 5.80. The summed E-state index contributed by atoms with van der Waals surface area (Å²) in [7, 11) is 0. The molecule has 0 aliphatic carbocycles. The normalized spacial score (nSPS) is 10.9. The zero-order chi connectivity index (χ0) is 15.0. The first-order valence-corrected chi connectivity index (χ1v) is 7.18. The van der Waals surface area contributed by atoms with Crippen molar-refractivity contribution in [2.75, 3.05) is 0 Å². The van der Waals surface area contributed by atoms with Crippen LogP contribution in [0.2, 0.25) is 25.1 Å². The largest absolute Gasteiger partial charge is 0.392 e. The first-order valence-electron chi connectivity index (χ1n) is 5.29. The minimum absolute atomic E-state index is 0.0524. The van der Waals surface area contributed by atoms with E-state index in [0.717, 1.165) is 0 Å². The molecule has 0 radical (unpaired) electrons. The number of rotatable bonds is 2. The van der Waals surface area contributed by atoms with E-state index in [0.29, 0.717) is 11.1 Å². The van der Waals surface area contributed by atoms with Crippen LogP contribution in [0.3, 0.4) is 0 Å². The van der Waals surface area contributed by atoms with Crippen LogP contribution in [-0.4, -0.2) is 5.11 Å². The average Bonchev–Trinajstić information content (AvgIpc) is 2.45. The molecule has 0 saturated carbocycles. The predicted octanol–water partition coefficient (Wildman–Crippen LogP) is 6.25. The van der Waals surface area contributed by atoms with Crippen molar-refractivity contribution in [2.24, 2.45) is 0 Å². The van der Waals surface area contributed by atoms with Crippen molar-refractivity contribution in [3.63, 3.8) is 0 Å². The van der Waals surface area contributed by atoms with Crippen LogP contribution in [0.4, 0.5) is 4.39 Å². The standard InChI is InChI=1S/C13H6Cl5FO/c14-9-8(10(15)12(17)13(18)11(9)16)5-1-2-7(19)6(3-5)4-20/h1-3,20H,4H2. The predicted molar refractivity (Wildman–Crippen MR) is 82.8 cm³/mol. The summed E-state index contributed by atoms with van der Waals surface area (Å²) in [6.45, 7) is -0.454. The molecule has 0 unspecified atom stereocenters. The van der Waals surface area contributed by atoms with Crippen LogP contribution < -0.4 is 0 Å². The monoisotopic (exact) mass is 372 g/mol. The Morgan fingerprint density at radius 3 is 1.85 bits per heavy atom. The van der Waals surface area contributed by atoms with E-state index < -0.39 is 12.4 Å². The summed E-state index contributed by atoms with van der Waals surface area (Å²) in [5.74, 6) is -0.533. The molecule has 0 atom stereocenters. The molecule has 106 valence electrons. The third-order valence-electron chi connectivity index (χ3n) is 2.71. The van der Waals surface area contributed by atoms with Crippen molar-refractivity contribution >= 4 is 58.0 Å². The molecule has 0 bridgehead atoms. The first-order chi connectivity index (χ1) is 9.38. The van der Waals surface area contributed by atoms with E-state index in [9.17, 15) is 4.39 Å². The van der Waals surface area contributed by atoms with Gasteiger partial charge < -0.3 is 5.11 Å². The van der Waals surface area contributed by atoms with Gasteiger partial charge in [-0.25, -0.2) is 4.39 Å². The van der Waals surface area contributed by atoms with Gasteiger partial charge in [-0.1, -0.05) is 64.1 Å². The van der Waals surface area contributed by atoms with Crippen molar-refractivity contribution in [3.8, 4) is 11.1 Å². The molecule has 0 amide bonds. The lowest BCUT2D eigenvalue weighted by Gasteiger charge is -2.13. The molecule has 0 spiro atoms. The van der Waals surface area contributed by atoms with Crippen molar-refractivity contribution in [3.05, 3.63) is 54.7 Å². The van der Waals surface area contributed by atoms with Gasteiger partial charge in [-0.2, -0.15) is 0 Å². The van der Waals surface area contributed by atoms with Gasteiger partial charge in [0.1, 0.15) is 5.82 Å². The fourth-order valence-electron chi connectivity index (χ4n) is 1.71. The van der Waals surface area contributed by atoms with Gasteiger partial charge in [0.15, 0.2) is 0 Å². The summed E-state index contributed by atoms with van der Waals surface area (Å²) >= 11 is 30.1. The molecular weight excluding hydrogens is 368 g/mol. The Labute approximate surface area is 139 Å². The van der Waals surface area contributed by atoms with Crippen LogP contribution in [0.1, 0.15) is 5.56 Å². The highest BCUT2D eigenvalue weighted by atomic mass is 35.5. The SMILES string of the molecule is OCc1cc(-c2c(Cl)c(Cl)c(Cl)c(Cl)c2Cl)ccc1F. The molecule has 2 aromatic rings. The smallest absolute Gasteiger partial charge is 0.128 e. The highest BCUT2D eigenvalue weighted by Crippen LogP contribution is 2.48. The first kappa shape index (κ1) is 16.2. The van der Waals surface area contributed by atoms with Crippen LogP contribution in [0.5, 0.6) is 0 Å². The molecule has 20 heavy (non-hydrogen) atoms. The summed E-state index contributed by atoms with van der Waals surface area (Å²) in [4.78, 5) is 0. The summed E-state index contributed by atoms with van der Waals surface area (Å²) in [6, 6.07) is 4.08. The van der Waals surface area contributed by atoms with Crippen molar-refractivity contribution in [1.82, 2.24) is 0 Å². The van der Waals surface area contributed by atoms with E-state index in [4.69, 9.17) is 63.1 Å². The molecule has 0 saturated heterocycles. The molecule has 1 nitrogen and oxygen atoms in total. The van der Waals surface area contributed by atoms with Crippen LogP contribution in [0.15, 0.2) is 18.2 Å². The maximum Gasteiger partial charge on any atom is 0.128 e. The number of hydrogen-bond acceptors (Lipinski definition) is 1. The second kappa shape index (κ2) is 6.27. The summed E-state index contributed by atoms with van der Waals surface area (Å²) in [5, 5.41) is 9.51. The second-order valence-electron chi connectivity index (χ2n) is 3.91. The zero-order valence-electron chi connectivity index (χ0n) is 9.65. The Balaban J connectivity index is 2.76. The molecule has 2 rings (SSSR count). The Morgan fingerprint density at radius 1 is 0.850 bits per heavy atom. The van der Waals surface area contributed by atoms with Crippen LogP contribution in [0, 0.1) is 5.82 Å². The Kier molecular flexibility index (Phi) is 5.06. The van der Waals surface area contributed by atoms with E-state index in [-0.39, 0.29) is 30.7 Å². The van der Waals surface area contributed by atoms with E-state index in [1.54, 1.807) is 0 Å². The Morgan fingerprint density at radius 2 is 1.35 bits per heavy atom. The van der Waals surface area contributed by atoms with Gasteiger partial charge in [-0.15, -0.1) is 0 Å². The lowest BCUT2D eigenvalue weighted by Crippen LogP contribution is -1.92. The Hall–Kier alpha value is -0.220. The maximum atomic E-state index is 13.4. The highest BCUT2D eigenvalue weighted by molar-refractivity contribution is 6.56. The van der Waals surface area contributed by atoms with Crippen LogP contribution in [-0.2, 0) is 6.61 Å². The summed E-state index contributed by atoms with van der Waals surface area (Å²) < 4.78 is 13.4. The number of halogens is 6. The van der Waals surface area contributed by atoms with Gasteiger partial charge in [0, 0.05) is 11.1 Å². The fourth-order valence-corrected chi connectivity index (χ4v) is 3.07. The lowest BCUT2D eigenvalue weighted by molar-refractivity contribution is 0.276. The fraction of sp³-hybridized carbons (Fsp3) is 0.0769. The van der Waals surface area contributed by atoms with Crippen molar-refractivity contribution < 1.29 is 9.50 Å². The van der Waals surface area contributed by atoms with Crippen molar-refractivity contribution in [1.29, 1.82) is 0 Å². The van der Waals surface area contributed by atoms with E-state index in [2.05, 4.69) is 0 Å². The lowest BCUT2D eigenvalue weighted by atomic mass is 10.0. The molecule has 7 heteroatoms. The topological polar surface area (TPSA) is 20.2 Å². The van der Waals surface area contributed by atoms with E-state index in [1.807, 2.05) is 0 Å². The molecule has 0 fully saturated rings.